The molecule has 0 radical (unpaired) electrons. The van der Waals surface area contributed by atoms with Crippen molar-refractivity contribution in [3.05, 3.63) is 54.6 Å². The zero-order valence-corrected chi connectivity index (χ0v) is 19.6. The quantitative estimate of drug-likeness (QED) is 0.613. The van der Waals surface area contributed by atoms with Crippen molar-refractivity contribution in [2.24, 2.45) is 5.92 Å². The predicted molar refractivity (Wildman–Crippen MR) is 131 cm³/mol. The van der Waals surface area contributed by atoms with Gasteiger partial charge in [-0.1, -0.05) is 24.3 Å². The molecule has 3 amide bonds. The molecule has 8 heteroatoms. The number of hydrogen-bond acceptors (Lipinski definition) is 5. The minimum atomic E-state index is -0.329. The van der Waals surface area contributed by atoms with Gasteiger partial charge in [-0.2, -0.15) is 0 Å². The maximum Gasteiger partial charge on any atom is 0.238 e. The van der Waals surface area contributed by atoms with Crippen LogP contribution < -0.4 is 15.5 Å². The lowest BCUT2D eigenvalue weighted by Crippen LogP contribution is -2.48. The monoisotopic (exact) mass is 466 g/mol. The predicted octanol–water partition coefficient (Wildman–Crippen LogP) is 2.98. The van der Waals surface area contributed by atoms with Crippen molar-refractivity contribution in [3.8, 4) is 0 Å². The van der Waals surface area contributed by atoms with Crippen LogP contribution in [0.1, 0.15) is 19.3 Å². The average Bonchev–Trinajstić information content (AvgIpc) is 3.23. The Kier molecular flexibility index (Phi) is 7.67. The van der Waals surface area contributed by atoms with Crippen LogP contribution in [0.4, 0.5) is 11.4 Å². The molecule has 2 aromatic rings. The Morgan fingerprint density at radius 2 is 1.82 bits per heavy atom. The van der Waals surface area contributed by atoms with Gasteiger partial charge in [0.1, 0.15) is 0 Å². The van der Waals surface area contributed by atoms with E-state index in [1.165, 1.54) is 0 Å². The number of rotatable bonds is 7. The fraction of sp³-hybridized carbons (Fsp3) is 0.400. The Morgan fingerprint density at radius 3 is 2.55 bits per heavy atom. The Hall–Kier alpha value is -2.84. The van der Waals surface area contributed by atoms with Gasteiger partial charge in [0.15, 0.2) is 0 Å². The molecule has 2 aliphatic heterocycles. The van der Waals surface area contributed by atoms with E-state index >= 15 is 0 Å². The van der Waals surface area contributed by atoms with Crippen LogP contribution >= 0.6 is 11.8 Å². The van der Waals surface area contributed by atoms with Crippen molar-refractivity contribution in [2.75, 3.05) is 42.7 Å². The van der Waals surface area contributed by atoms with Crippen molar-refractivity contribution in [2.45, 2.75) is 30.2 Å². The van der Waals surface area contributed by atoms with E-state index in [1.54, 1.807) is 16.7 Å². The molecule has 0 unspecified atom stereocenters. The summed E-state index contributed by atoms with van der Waals surface area (Å²) in [6.45, 7) is 2.27. The summed E-state index contributed by atoms with van der Waals surface area (Å²) in [4.78, 5) is 42.6. The summed E-state index contributed by atoms with van der Waals surface area (Å²) >= 11 is 1.63. The standard InChI is InChI=1S/C25H30N4O3S/c1-33-22-9-5-8-21(15-22)29-16-18(14-24(29)31)25(32)27-20-10-12-28(13-11-20)17-23(30)26-19-6-3-2-4-7-19/h2-9,15,18,20H,10-14,16-17H2,1H3,(H,26,30)(H,27,32)/t18-/m0/s1. The molecular weight excluding hydrogens is 436 g/mol. The van der Waals surface area contributed by atoms with Crippen LogP contribution in [0.25, 0.3) is 0 Å². The van der Waals surface area contributed by atoms with Crippen LogP contribution in [0.3, 0.4) is 0 Å². The molecule has 1 atom stereocenters. The van der Waals surface area contributed by atoms with Gasteiger partial charge in [-0.15, -0.1) is 11.8 Å². The van der Waals surface area contributed by atoms with Crippen LogP contribution in [0, 0.1) is 5.92 Å². The first-order chi connectivity index (χ1) is 16.0. The minimum absolute atomic E-state index is 0.00680. The first-order valence-corrected chi connectivity index (χ1v) is 12.6. The molecule has 2 aromatic carbocycles. The van der Waals surface area contributed by atoms with Crippen molar-refractivity contribution in [1.29, 1.82) is 0 Å². The number of hydrogen-bond donors (Lipinski definition) is 2. The molecule has 0 aromatic heterocycles. The van der Waals surface area contributed by atoms with Gasteiger partial charge in [-0.3, -0.25) is 19.3 Å². The SMILES string of the molecule is CSc1cccc(N2C[C@@H](C(=O)NC3CCN(CC(=O)Nc4ccccc4)CC3)CC2=O)c1. The number of para-hydroxylation sites is 1. The van der Waals surface area contributed by atoms with E-state index in [0.717, 1.165) is 42.2 Å². The first-order valence-electron chi connectivity index (χ1n) is 11.3. The highest BCUT2D eigenvalue weighted by Crippen LogP contribution is 2.28. The summed E-state index contributed by atoms with van der Waals surface area (Å²) in [7, 11) is 0. The number of carbonyl (C=O) groups excluding carboxylic acids is 3. The van der Waals surface area contributed by atoms with E-state index in [9.17, 15) is 14.4 Å². The van der Waals surface area contributed by atoms with Crippen molar-refractivity contribution < 1.29 is 14.4 Å². The second-order valence-electron chi connectivity index (χ2n) is 8.58. The molecule has 4 rings (SSSR count). The molecule has 33 heavy (non-hydrogen) atoms. The molecule has 0 bridgehead atoms. The van der Waals surface area contributed by atoms with Crippen LogP contribution in [-0.2, 0) is 14.4 Å². The molecule has 0 saturated carbocycles. The Labute approximate surface area is 198 Å². The fourth-order valence-electron chi connectivity index (χ4n) is 4.39. The second-order valence-corrected chi connectivity index (χ2v) is 9.46. The third-order valence-corrected chi connectivity index (χ3v) is 6.94. The number of nitrogens with zero attached hydrogens (tertiary/aromatic N) is 2. The van der Waals surface area contributed by atoms with Crippen molar-refractivity contribution in [1.82, 2.24) is 10.2 Å². The van der Waals surface area contributed by atoms with Crippen LogP contribution in [0.2, 0.25) is 0 Å². The summed E-state index contributed by atoms with van der Waals surface area (Å²) in [6.07, 6.45) is 3.84. The van der Waals surface area contributed by atoms with Gasteiger partial charge in [0, 0.05) is 48.4 Å². The maximum absolute atomic E-state index is 12.8. The zero-order valence-electron chi connectivity index (χ0n) is 18.8. The molecule has 174 valence electrons. The Balaban J connectivity index is 1.22. The highest BCUT2D eigenvalue weighted by molar-refractivity contribution is 7.98. The molecule has 0 aliphatic carbocycles. The topological polar surface area (TPSA) is 81.8 Å². The van der Waals surface area contributed by atoms with Gasteiger partial charge in [0.05, 0.1) is 12.5 Å². The van der Waals surface area contributed by atoms with Crippen LogP contribution in [0.15, 0.2) is 59.5 Å². The molecule has 2 N–H and O–H groups in total. The molecule has 2 aliphatic rings. The lowest BCUT2D eigenvalue weighted by molar-refractivity contribution is -0.127. The Bertz CT molecular complexity index is 992. The lowest BCUT2D eigenvalue weighted by atomic mass is 10.0. The number of carbonyl (C=O) groups is 3. The van der Waals surface area contributed by atoms with E-state index in [4.69, 9.17) is 0 Å². The van der Waals surface area contributed by atoms with Gasteiger partial charge in [-0.25, -0.2) is 0 Å². The smallest absolute Gasteiger partial charge is 0.238 e. The van der Waals surface area contributed by atoms with E-state index in [1.807, 2.05) is 60.9 Å². The highest BCUT2D eigenvalue weighted by Gasteiger charge is 2.36. The van der Waals surface area contributed by atoms with Gasteiger partial charge in [0.2, 0.25) is 17.7 Å². The summed E-state index contributed by atoms with van der Waals surface area (Å²) in [5, 5.41) is 6.05. The molecule has 0 spiro atoms. The second kappa shape index (κ2) is 10.9. The average molecular weight is 467 g/mol. The molecule has 2 heterocycles. The van der Waals surface area contributed by atoms with Gasteiger partial charge < -0.3 is 15.5 Å². The number of likely N-dealkylation sites (tertiary alicyclic amines) is 1. The summed E-state index contributed by atoms with van der Waals surface area (Å²) in [6, 6.07) is 17.4. The number of thioether (sulfide) groups is 1. The lowest BCUT2D eigenvalue weighted by Gasteiger charge is -2.32. The highest BCUT2D eigenvalue weighted by atomic mass is 32.2. The Morgan fingerprint density at radius 1 is 1.06 bits per heavy atom. The zero-order chi connectivity index (χ0) is 23.2. The molecule has 7 nitrogen and oxygen atoms in total. The third-order valence-electron chi connectivity index (χ3n) is 6.22. The molecule has 2 saturated heterocycles. The summed E-state index contributed by atoms with van der Waals surface area (Å²) < 4.78 is 0. The first kappa shape index (κ1) is 23.3. The normalized spacial score (nSPS) is 19.5. The van der Waals surface area contributed by atoms with Crippen molar-refractivity contribution in [3.63, 3.8) is 0 Å². The summed E-state index contributed by atoms with van der Waals surface area (Å²) in [5.41, 5.74) is 1.65. The number of benzene rings is 2. The van der Waals surface area contributed by atoms with E-state index < -0.39 is 0 Å². The van der Waals surface area contributed by atoms with E-state index in [-0.39, 0.29) is 36.1 Å². The van der Waals surface area contributed by atoms with Crippen LogP contribution in [-0.4, -0.2) is 61.1 Å². The summed E-state index contributed by atoms with van der Waals surface area (Å²) in [5.74, 6) is -0.413. The van der Waals surface area contributed by atoms with Crippen molar-refractivity contribution >= 4 is 40.9 Å². The third kappa shape index (κ3) is 6.15. The molecular formula is C25H30N4O3S. The van der Waals surface area contributed by atoms with Crippen LogP contribution in [0.5, 0.6) is 0 Å². The number of amides is 3. The van der Waals surface area contributed by atoms with Gasteiger partial charge in [-0.05, 0) is 49.4 Å². The van der Waals surface area contributed by atoms with E-state index in [0.29, 0.717) is 13.1 Å². The fourth-order valence-corrected chi connectivity index (χ4v) is 4.84. The van der Waals surface area contributed by atoms with Gasteiger partial charge in [0.25, 0.3) is 0 Å². The number of anilines is 2. The maximum atomic E-state index is 12.8. The molecule has 2 fully saturated rings. The largest absolute Gasteiger partial charge is 0.353 e. The van der Waals surface area contributed by atoms with Gasteiger partial charge >= 0.3 is 0 Å². The number of nitrogens with one attached hydrogen (secondary N) is 2. The minimum Gasteiger partial charge on any atom is -0.353 e. The number of piperidine rings is 1. The van der Waals surface area contributed by atoms with E-state index in [2.05, 4.69) is 15.5 Å².